The summed E-state index contributed by atoms with van der Waals surface area (Å²) < 4.78 is 0.975. The summed E-state index contributed by atoms with van der Waals surface area (Å²) in [4.78, 5) is 27.2. The van der Waals surface area contributed by atoms with Crippen LogP contribution in [0.15, 0.2) is 46.3 Å². The van der Waals surface area contributed by atoms with Crippen molar-refractivity contribution in [2.45, 2.75) is 12.6 Å². The van der Waals surface area contributed by atoms with Gasteiger partial charge in [-0.05, 0) is 32.9 Å². The van der Waals surface area contributed by atoms with Crippen molar-refractivity contribution in [1.82, 2.24) is 10.2 Å². The predicted molar refractivity (Wildman–Crippen MR) is 84.8 cm³/mol. The standard InChI is InChI=1S/C15H13BrN2O2S/c16-11-6-7-21-12(11)8-18-9-13(19)17-14(15(18)20)10-4-2-1-3-5-10/h1-7,14H,8-9H2,(H,17,19). The predicted octanol–water partition coefficient (Wildman–Crippen LogP) is 2.71. The van der Waals surface area contributed by atoms with Crippen molar-refractivity contribution in [3.05, 3.63) is 56.7 Å². The van der Waals surface area contributed by atoms with Gasteiger partial charge >= 0.3 is 0 Å². The Labute approximate surface area is 134 Å². The first-order valence-corrected chi connectivity index (χ1v) is 8.17. The number of rotatable bonds is 3. The molecule has 1 aliphatic heterocycles. The molecule has 1 atom stereocenters. The number of amides is 2. The fourth-order valence-electron chi connectivity index (χ4n) is 2.32. The average Bonchev–Trinajstić information content (AvgIpc) is 2.89. The Morgan fingerprint density at radius 2 is 2.00 bits per heavy atom. The number of carbonyl (C=O) groups excluding carboxylic acids is 2. The Bertz CT molecular complexity index is 671. The number of halogens is 1. The zero-order valence-corrected chi connectivity index (χ0v) is 13.5. The second-order valence-corrected chi connectivity index (χ2v) is 6.65. The van der Waals surface area contributed by atoms with E-state index in [0.29, 0.717) is 6.54 Å². The number of hydrogen-bond donors (Lipinski definition) is 1. The highest BCUT2D eigenvalue weighted by atomic mass is 79.9. The number of hydrogen-bond acceptors (Lipinski definition) is 3. The number of benzene rings is 1. The van der Waals surface area contributed by atoms with Crippen molar-refractivity contribution in [2.75, 3.05) is 6.54 Å². The van der Waals surface area contributed by atoms with E-state index in [4.69, 9.17) is 0 Å². The summed E-state index contributed by atoms with van der Waals surface area (Å²) in [5.41, 5.74) is 0.811. The normalized spacial score (nSPS) is 18.7. The summed E-state index contributed by atoms with van der Waals surface area (Å²) in [5.74, 6) is -0.197. The Morgan fingerprint density at radius 1 is 1.24 bits per heavy atom. The van der Waals surface area contributed by atoms with Gasteiger partial charge in [-0.2, -0.15) is 0 Å². The maximum atomic E-state index is 12.6. The third-order valence-electron chi connectivity index (χ3n) is 3.36. The lowest BCUT2D eigenvalue weighted by atomic mass is 10.0. The van der Waals surface area contributed by atoms with Gasteiger partial charge in [0.1, 0.15) is 12.6 Å². The summed E-state index contributed by atoms with van der Waals surface area (Å²) in [6.07, 6.45) is 0. The van der Waals surface area contributed by atoms with E-state index in [1.807, 2.05) is 41.8 Å². The molecule has 6 heteroatoms. The average molecular weight is 365 g/mol. The van der Waals surface area contributed by atoms with Gasteiger partial charge in [0, 0.05) is 9.35 Å². The molecule has 1 N–H and O–H groups in total. The topological polar surface area (TPSA) is 49.4 Å². The van der Waals surface area contributed by atoms with Crippen LogP contribution < -0.4 is 5.32 Å². The van der Waals surface area contributed by atoms with Crippen LogP contribution in [0.2, 0.25) is 0 Å². The minimum atomic E-state index is -0.591. The molecular formula is C15H13BrN2O2S. The van der Waals surface area contributed by atoms with Crippen molar-refractivity contribution >= 4 is 39.1 Å². The molecule has 1 aliphatic rings. The van der Waals surface area contributed by atoms with Crippen LogP contribution in [0.25, 0.3) is 0 Å². The van der Waals surface area contributed by atoms with Crippen LogP contribution in [0.3, 0.4) is 0 Å². The van der Waals surface area contributed by atoms with Gasteiger partial charge in [-0.1, -0.05) is 30.3 Å². The quantitative estimate of drug-likeness (QED) is 0.909. The van der Waals surface area contributed by atoms with Crippen LogP contribution in [0.5, 0.6) is 0 Å². The van der Waals surface area contributed by atoms with Crippen LogP contribution in [0.1, 0.15) is 16.5 Å². The van der Waals surface area contributed by atoms with E-state index in [1.54, 1.807) is 16.2 Å². The molecule has 2 heterocycles. The van der Waals surface area contributed by atoms with Crippen molar-refractivity contribution in [2.24, 2.45) is 0 Å². The molecule has 21 heavy (non-hydrogen) atoms. The molecular weight excluding hydrogens is 352 g/mol. The first-order valence-electron chi connectivity index (χ1n) is 6.50. The number of piperazine rings is 1. The number of nitrogens with one attached hydrogen (secondary N) is 1. The van der Waals surface area contributed by atoms with Gasteiger partial charge in [-0.3, -0.25) is 9.59 Å². The molecule has 0 radical (unpaired) electrons. The first-order chi connectivity index (χ1) is 10.1. The zero-order chi connectivity index (χ0) is 14.8. The van der Waals surface area contributed by atoms with Crippen molar-refractivity contribution in [3.8, 4) is 0 Å². The maximum absolute atomic E-state index is 12.6. The smallest absolute Gasteiger partial charge is 0.250 e. The zero-order valence-electron chi connectivity index (χ0n) is 11.1. The Kier molecular flexibility index (Phi) is 4.07. The highest BCUT2D eigenvalue weighted by Crippen LogP contribution is 2.26. The third-order valence-corrected chi connectivity index (χ3v) is 5.27. The highest BCUT2D eigenvalue weighted by molar-refractivity contribution is 9.10. The molecule has 1 aromatic carbocycles. The molecule has 3 rings (SSSR count). The second kappa shape index (κ2) is 5.99. The molecule has 1 saturated heterocycles. The summed E-state index contributed by atoms with van der Waals surface area (Å²) in [7, 11) is 0. The van der Waals surface area contributed by atoms with E-state index >= 15 is 0 Å². The minimum Gasteiger partial charge on any atom is -0.339 e. The van der Waals surface area contributed by atoms with Crippen LogP contribution in [-0.4, -0.2) is 23.3 Å². The van der Waals surface area contributed by atoms with Gasteiger partial charge in [0.15, 0.2) is 0 Å². The molecule has 0 spiro atoms. The van der Waals surface area contributed by atoms with Gasteiger partial charge in [0.2, 0.25) is 5.91 Å². The van der Waals surface area contributed by atoms with Gasteiger partial charge in [-0.25, -0.2) is 0 Å². The van der Waals surface area contributed by atoms with Gasteiger partial charge < -0.3 is 10.2 Å². The highest BCUT2D eigenvalue weighted by Gasteiger charge is 2.33. The van der Waals surface area contributed by atoms with Gasteiger partial charge in [0.25, 0.3) is 5.91 Å². The van der Waals surface area contributed by atoms with Crippen LogP contribution >= 0.6 is 27.3 Å². The monoisotopic (exact) mass is 364 g/mol. The molecule has 0 bridgehead atoms. The molecule has 1 fully saturated rings. The first kappa shape index (κ1) is 14.3. The van der Waals surface area contributed by atoms with Gasteiger partial charge in [-0.15, -0.1) is 11.3 Å². The molecule has 2 aromatic rings. The summed E-state index contributed by atoms with van der Waals surface area (Å²) in [6, 6.07) is 10.7. The molecule has 1 aromatic heterocycles. The van der Waals surface area contributed by atoms with Crippen LogP contribution in [0.4, 0.5) is 0 Å². The third kappa shape index (κ3) is 3.01. The van der Waals surface area contributed by atoms with E-state index in [0.717, 1.165) is 14.9 Å². The van der Waals surface area contributed by atoms with Gasteiger partial charge in [0.05, 0.1) is 6.54 Å². The van der Waals surface area contributed by atoms with E-state index < -0.39 is 6.04 Å². The fraction of sp³-hybridized carbons (Fsp3) is 0.200. The fourth-order valence-corrected chi connectivity index (χ4v) is 3.81. The Hall–Kier alpha value is -1.66. The lowest BCUT2D eigenvalue weighted by molar-refractivity contribution is -0.145. The van der Waals surface area contributed by atoms with Crippen LogP contribution in [-0.2, 0) is 16.1 Å². The number of nitrogens with zero attached hydrogens (tertiary/aromatic N) is 1. The molecule has 1 unspecified atom stereocenters. The Balaban J connectivity index is 1.84. The van der Waals surface area contributed by atoms with E-state index in [-0.39, 0.29) is 18.4 Å². The molecule has 108 valence electrons. The summed E-state index contributed by atoms with van der Waals surface area (Å²) >= 11 is 5.03. The van der Waals surface area contributed by atoms with Crippen molar-refractivity contribution in [1.29, 1.82) is 0 Å². The largest absolute Gasteiger partial charge is 0.339 e. The maximum Gasteiger partial charge on any atom is 0.250 e. The van der Waals surface area contributed by atoms with Crippen molar-refractivity contribution in [3.63, 3.8) is 0 Å². The lowest BCUT2D eigenvalue weighted by Gasteiger charge is -2.32. The summed E-state index contributed by atoms with van der Waals surface area (Å²) in [5, 5.41) is 4.73. The number of carbonyl (C=O) groups is 2. The lowest BCUT2D eigenvalue weighted by Crippen LogP contribution is -2.52. The SMILES string of the molecule is O=C1CN(Cc2sccc2Br)C(=O)C(c2ccccc2)N1. The minimum absolute atomic E-state index is 0.0684. The molecule has 4 nitrogen and oxygen atoms in total. The second-order valence-electron chi connectivity index (χ2n) is 4.80. The molecule has 2 amide bonds. The van der Waals surface area contributed by atoms with Crippen molar-refractivity contribution < 1.29 is 9.59 Å². The summed E-state index contributed by atoms with van der Waals surface area (Å²) in [6.45, 7) is 0.556. The number of thiophene rings is 1. The van der Waals surface area contributed by atoms with E-state index in [9.17, 15) is 9.59 Å². The molecule has 0 saturated carbocycles. The molecule has 0 aliphatic carbocycles. The van der Waals surface area contributed by atoms with E-state index in [1.165, 1.54) is 0 Å². The van der Waals surface area contributed by atoms with Crippen LogP contribution in [0, 0.1) is 0 Å². The van der Waals surface area contributed by atoms with E-state index in [2.05, 4.69) is 21.2 Å². The Morgan fingerprint density at radius 3 is 2.67 bits per heavy atom.